The van der Waals surface area contributed by atoms with Crippen molar-refractivity contribution in [2.45, 2.75) is 33.6 Å². The second-order valence-electron chi connectivity index (χ2n) is 5.56. The van der Waals surface area contributed by atoms with E-state index in [1.54, 1.807) is 25.1 Å². The van der Waals surface area contributed by atoms with Crippen molar-refractivity contribution in [3.63, 3.8) is 0 Å². The average Bonchev–Trinajstić information content (AvgIpc) is 2.91. The Morgan fingerprint density at radius 2 is 1.96 bits per heavy atom. The summed E-state index contributed by atoms with van der Waals surface area (Å²) in [5.74, 6) is 0.303. The summed E-state index contributed by atoms with van der Waals surface area (Å²) >= 11 is 0. The third-order valence-electron chi connectivity index (χ3n) is 3.68. The average molecular weight is 342 g/mol. The molecule has 1 aromatic carbocycles. The van der Waals surface area contributed by atoms with Gasteiger partial charge in [0, 0.05) is 23.7 Å². The van der Waals surface area contributed by atoms with Crippen molar-refractivity contribution in [3.8, 4) is 0 Å². The van der Waals surface area contributed by atoms with Crippen molar-refractivity contribution in [3.05, 3.63) is 52.9 Å². The van der Waals surface area contributed by atoms with Gasteiger partial charge in [-0.15, -0.1) is 0 Å². The second-order valence-corrected chi connectivity index (χ2v) is 5.56. The van der Waals surface area contributed by atoms with Gasteiger partial charge in [0.1, 0.15) is 5.76 Å². The van der Waals surface area contributed by atoms with Crippen molar-refractivity contribution in [2.24, 2.45) is 0 Å². The molecule has 0 radical (unpaired) electrons. The number of aryl methyl sites for hydroxylation is 2. The highest BCUT2D eigenvalue weighted by atomic mass is 16.5. The maximum absolute atomic E-state index is 12.1. The van der Waals surface area contributed by atoms with Crippen molar-refractivity contribution in [1.82, 2.24) is 5.16 Å². The molecular weight excluding hydrogens is 320 g/mol. The van der Waals surface area contributed by atoms with Crippen LogP contribution in [0.1, 0.15) is 35.9 Å². The monoisotopic (exact) mass is 342 g/mol. The van der Waals surface area contributed by atoms with E-state index in [1.165, 1.54) is 6.08 Å². The number of aromatic nitrogens is 1. The summed E-state index contributed by atoms with van der Waals surface area (Å²) in [4.78, 5) is 23.3. The maximum atomic E-state index is 12.1. The first-order valence-electron chi connectivity index (χ1n) is 8.16. The Morgan fingerprint density at radius 1 is 1.24 bits per heavy atom. The zero-order chi connectivity index (χ0) is 18.2. The lowest BCUT2D eigenvalue weighted by molar-refractivity contribution is -0.137. The van der Waals surface area contributed by atoms with Gasteiger partial charge in [-0.05, 0) is 51.0 Å². The number of rotatable bonds is 7. The number of carbonyl (C=O) groups is 2. The first kappa shape index (κ1) is 18.4. The Hall–Kier alpha value is -2.89. The summed E-state index contributed by atoms with van der Waals surface area (Å²) in [7, 11) is 0. The quantitative estimate of drug-likeness (QED) is 0.616. The predicted molar refractivity (Wildman–Crippen MR) is 95.0 cm³/mol. The number of benzene rings is 1. The number of amides is 1. The summed E-state index contributed by atoms with van der Waals surface area (Å²) < 4.78 is 9.91. The molecule has 0 spiro atoms. The zero-order valence-corrected chi connectivity index (χ0v) is 14.7. The first-order valence-corrected chi connectivity index (χ1v) is 8.16. The number of esters is 1. The van der Waals surface area contributed by atoms with E-state index < -0.39 is 0 Å². The van der Waals surface area contributed by atoms with Crippen LogP contribution in [0.5, 0.6) is 0 Å². The molecule has 25 heavy (non-hydrogen) atoms. The standard InChI is InChI=1S/C19H22N2O4/c1-4-24-19(23)12-7-15-5-8-16(9-6-15)20-18(22)11-10-17-13(2)21-25-14(17)3/h5-9,12H,4,10-11H2,1-3H3,(H,20,22)/b12-7+. The molecule has 1 amide bonds. The van der Waals surface area contributed by atoms with Gasteiger partial charge in [-0.3, -0.25) is 4.79 Å². The number of nitrogens with zero attached hydrogens (tertiary/aromatic N) is 1. The van der Waals surface area contributed by atoms with E-state index >= 15 is 0 Å². The molecule has 2 aromatic rings. The third-order valence-corrected chi connectivity index (χ3v) is 3.68. The summed E-state index contributed by atoms with van der Waals surface area (Å²) in [5, 5.41) is 6.73. The normalized spacial score (nSPS) is 10.8. The van der Waals surface area contributed by atoms with Crippen LogP contribution in [0, 0.1) is 13.8 Å². The molecule has 0 bridgehead atoms. The minimum atomic E-state index is -0.376. The maximum Gasteiger partial charge on any atom is 0.330 e. The fourth-order valence-electron chi connectivity index (χ4n) is 2.35. The van der Waals surface area contributed by atoms with Gasteiger partial charge < -0.3 is 14.6 Å². The molecule has 0 unspecified atom stereocenters. The van der Waals surface area contributed by atoms with Gasteiger partial charge in [0.2, 0.25) is 5.91 Å². The molecule has 0 fully saturated rings. The lowest BCUT2D eigenvalue weighted by Gasteiger charge is -2.05. The van der Waals surface area contributed by atoms with Crippen molar-refractivity contribution < 1.29 is 18.8 Å². The van der Waals surface area contributed by atoms with Gasteiger partial charge >= 0.3 is 5.97 Å². The van der Waals surface area contributed by atoms with Gasteiger partial charge in [-0.2, -0.15) is 0 Å². The van der Waals surface area contributed by atoms with Crippen molar-refractivity contribution in [1.29, 1.82) is 0 Å². The topological polar surface area (TPSA) is 81.4 Å². The Morgan fingerprint density at radius 3 is 2.56 bits per heavy atom. The minimum Gasteiger partial charge on any atom is -0.463 e. The highest BCUT2D eigenvalue weighted by Crippen LogP contribution is 2.16. The summed E-state index contributed by atoms with van der Waals surface area (Å²) in [6.45, 7) is 5.82. The molecule has 0 aliphatic carbocycles. The Bertz CT molecular complexity index is 741. The molecule has 6 heteroatoms. The molecule has 0 aliphatic heterocycles. The smallest absolute Gasteiger partial charge is 0.330 e. The van der Waals surface area contributed by atoms with Crippen LogP contribution < -0.4 is 5.32 Å². The van der Waals surface area contributed by atoms with Crippen LogP contribution in [0.2, 0.25) is 0 Å². The van der Waals surface area contributed by atoms with Crippen molar-refractivity contribution in [2.75, 3.05) is 11.9 Å². The highest BCUT2D eigenvalue weighted by molar-refractivity contribution is 5.91. The Labute approximate surface area is 146 Å². The highest BCUT2D eigenvalue weighted by Gasteiger charge is 2.11. The number of anilines is 1. The lowest BCUT2D eigenvalue weighted by atomic mass is 10.1. The largest absolute Gasteiger partial charge is 0.463 e. The van der Waals surface area contributed by atoms with E-state index in [1.807, 2.05) is 26.0 Å². The van der Waals surface area contributed by atoms with Gasteiger partial charge in [-0.1, -0.05) is 17.3 Å². The van der Waals surface area contributed by atoms with Gasteiger partial charge in [0.05, 0.1) is 12.3 Å². The first-order chi connectivity index (χ1) is 12.0. The molecular formula is C19H22N2O4. The molecule has 0 aliphatic rings. The number of hydrogen-bond donors (Lipinski definition) is 1. The van der Waals surface area contributed by atoms with Gasteiger partial charge in [0.25, 0.3) is 0 Å². The molecule has 0 saturated carbocycles. The van der Waals surface area contributed by atoms with E-state index in [2.05, 4.69) is 10.5 Å². The molecule has 1 N–H and O–H groups in total. The van der Waals surface area contributed by atoms with Crippen LogP contribution in [0.3, 0.4) is 0 Å². The number of hydrogen-bond acceptors (Lipinski definition) is 5. The summed E-state index contributed by atoms with van der Waals surface area (Å²) in [6, 6.07) is 7.22. The van der Waals surface area contributed by atoms with Crippen LogP contribution in [-0.2, 0) is 20.7 Å². The Kier molecular flexibility index (Phi) is 6.51. The van der Waals surface area contributed by atoms with Crippen molar-refractivity contribution >= 4 is 23.6 Å². The lowest BCUT2D eigenvalue weighted by Crippen LogP contribution is -2.12. The molecule has 6 nitrogen and oxygen atoms in total. The number of carbonyl (C=O) groups excluding carboxylic acids is 2. The second kappa shape index (κ2) is 8.82. The minimum absolute atomic E-state index is 0.0742. The number of nitrogens with one attached hydrogen (secondary N) is 1. The van der Waals surface area contributed by atoms with E-state index in [-0.39, 0.29) is 11.9 Å². The fraction of sp³-hybridized carbons (Fsp3) is 0.316. The summed E-state index contributed by atoms with van der Waals surface area (Å²) in [6.07, 6.45) is 3.99. The molecule has 0 saturated heterocycles. The predicted octanol–water partition coefficient (Wildman–Crippen LogP) is 3.44. The number of ether oxygens (including phenoxy) is 1. The SMILES string of the molecule is CCOC(=O)/C=C/c1ccc(NC(=O)CCc2c(C)noc2C)cc1. The van der Waals surface area contributed by atoms with Crippen LogP contribution in [-0.4, -0.2) is 23.6 Å². The third kappa shape index (κ3) is 5.60. The fourth-order valence-corrected chi connectivity index (χ4v) is 2.35. The Balaban J connectivity index is 1.86. The van der Waals surface area contributed by atoms with E-state index in [0.717, 1.165) is 22.6 Å². The molecule has 1 aromatic heterocycles. The van der Waals surface area contributed by atoms with E-state index in [4.69, 9.17) is 9.26 Å². The molecule has 2 rings (SSSR count). The van der Waals surface area contributed by atoms with Crippen LogP contribution in [0.25, 0.3) is 6.08 Å². The van der Waals surface area contributed by atoms with Crippen LogP contribution >= 0.6 is 0 Å². The van der Waals surface area contributed by atoms with E-state index in [0.29, 0.717) is 25.1 Å². The summed E-state index contributed by atoms with van der Waals surface area (Å²) in [5.41, 5.74) is 3.36. The molecule has 132 valence electrons. The van der Waals surface area contributed by atoms with Gasteiger partial charge in [0.15, 0.2) is 0 Å². The van der Waals surface area contributed by atoms with Crippen LogP contribution in [0.4, 0.5) is 5.69 Å². The van der Waals surface area contributed by atoms with Gasteiger partial charge in [-0.25, -0.2) is 4.79 Å². The zero-order valence-electron chi connectivity index (χ0n) is 14.7. The van der Waals surface area contributed by atoms with E-state index in [9.17, 15) is 9.59 Å². The molecule has 1 heterocycles. The van der Waals surface area contributed by atoms with Crippen LogP contribution in [0.15, 0.2) is 34.9 Å². The molecule has 0 atom stereocenters.